The van der Waals surface area contributed by atoms with E-state index < -0.39 is 0 Å². The lowest BCUT2D eigenvalue weighted by atomic mass is 9.85. The molecule has 0 radical (unpaired) electrons. The van der Waals surface area contributed by atoms with E-state index >= 15 is 0 Å². The van der Waals surface area contributed by atoms with E-state index in [0.29, 0.717) is 5.56 Å². The van der Waals surface area contributed by atoms with Crippen molar-refractivity contribution in [3.63, 3.8) is 0 Å². The molecule has 7 rings (SSSR count). The maximum atomic E-state index is 9.29. The Kier molecular flexibility index (Phi) is 5.43. The minimum absolute atomic E-state index is 0.614. The van der Waals surface area contributed by atoms with Crippen LogP contribution in [0.3, 0.4) is 0 Å². The molecule has 0 saturated heterocycles. The molecule has 0 aliphatic rings. The molecule has 0 N–H and O–H groups in total. The first-order valence-electron chi connectivity index (χ1n) is 13.1. The zero-order valence-electron chi connectivity index (χ0n) is 21.5. The van der Waals surface area contributed by atoms with E-state index in [1.807, 2.05) is 6.07 Å². The molecular weight excluding hydrogens is 472 g/mol. The van der Waals surface area contributed by atoms with Crippen molar-refractivity contribution >= 4 is 32.3 Å². The minimum atomic E-state index is 0.614. The average molecular weight is 497 g/mol. The number of benzene rings is 6. The smallest absolute Gasteiger partial charge is 0.0992 e. The van der Waals surface area contributed by atoms with E-state index in [2.05, 4.69) is 127 Å². The fraction of sp³-hybridized carbons (Fsp3) is 0.0270. The molecule has 1 aromatic heterocycles. The predicted octanol–water partition coefficient (Wildman–Crippen LogP) is 9.72. The Hall–Kier alpha value is -5.26. The highest BCUT2D eigenvalue weighted by atomic mass is 14.7. The molecule has 39 heavy (non-hydrogen) atoms. The van der Waals surface area contributed by atoms with E-state index in [0.717, 1.165) is 16.6 Å². The van der Waals surface area contributed by atoms with Gasteiger partial charge in [-0.25, -0.2) is 0 Å². The largest absolute Gasteiger partial charge is 0.256 e. The minimum Gasteiger partial charge on any atom is -0.256 e. The fourth-order valence-electron chi connectivity index (χ4n) is 5.69. The molecule has 0 aliphatic heterocycles. The van der Waals surface area contributed by atoms with Crippen molar-refractivity contribution in [1.29, 1.82) is 5.26 Å². The van der Waals surface area contributed by atoms with Crippen LogP contribution in [-0.4, -0.2) is 4.98 Å². The summed E-state index contributed by atoms with van der Waals surface area (Å²) in [5, 5.41) is 16.6. The second kappa shape index (κ2) is 9.24. The van der Waals surface area contributed by atoms with Crippen LogP contribution in [0.15, 0.2) is 128 Å². The van der Waals surface area contributed by atoms with Gasteiger partial charge in [-0.3, -0.25) is 4.98 Å². The first-order valence-corrected chi connectivity index (χ1v) is 13.1. The van der Waals surface area contributed by atoms with Gasteiger partial charge in [0.05, 0.1) is 17.3 Å². The number of rotatable bonds is 3. The highest BCUT2D eigenvalue weighted by molar-refractivity contribution is 6.21. The third kappa shape index (κ3) is 3.93. The predicted molar refractivity (Wildman–Crippen MR) is 163 cm³/mol. The molecule has 6 aromatic carbocycles. The first-order chi connectivity index (χ1) is 19.2. The molecule has 0 fully saturated rings. The van der Waals surface area contributed by atoms with Crippen LogP contribution in [0.5, 0.6) is 0 Å². The summed E-state index contributed by atoms with van der Waals surface area (Å²) in [6.45, 7) is 2.13. The number of hydrogen-bond donors (Lipinski definition) is 0. The van der Waals surface area contributed by atoms with Gasteiger partial charge in [-0.15, -0.1) is 0 Å². The quantitative estimate of drug-likeness (QED) is 0.228. The number of nitrogens with zero attached hydrogens (tertiary/aromatic N) is 2. The summed E-state index contributed by atoms with van der Waals surface area (Å²) in [6, 6.07) is 45.3. The van der Waals surface area contributed by atoms with Gasteiger partial charge in [0, 0.05) is 11.8 Å². The van der Waals surface area contributed by atoms with Crippen LogP contribution in [0.25, 0.3) is 65.8 Å². The summed E-state index contributed by atoms with van der Waals surface area (Å²) < 4.78 is 0. The van der Waals surface area contributed by atoms with Gasteiger partial charge in [0.2, 0.25) is 0 Å². The lowest BCUT2D eigenvalue weighted by Gasteiger charge is -2.18. The highest BCUT2D eigenvalue weighted by Gasteiger charge is 2.16. The van der Waals surface area contributed by atoms with Crippen LogP contribution in [0.4, 0.5) is 0 Å². The van der Waals surface area contributed by atoms with Crippen molar-refractivity contribution in [2.45, 2.75) is 6.92 Å². The number of aromatic nitrogens is 1. The van der Waals surface area contributed by atoms with Gasteiger partial charge in [-0.1, -0.05) is 103 Å². The second-order valence-electron chi connectivity index (χ2n) is 10.0. The zero-order chi connectivity index (χ0) is 26.3. The van der Waals surface area contributed by atoms with Crippen molar-refractivity contribution in [2.75, 3.05) is 0 Å². The lowest BCUT2D eigenvalue weighted by Crippen LogP contribution is -1.91. The standard InChI is InChI=1S/C37H24N2/c1-24-10-12-26(13-11-24)36-31-6-2-4-8-33(31)37(34-9-5-3-7-32(34)36)30-17-15-27-21-29(16-14-28(27)22-30)35-20-25(23-38)18-19-39-35/h2-22H,1H3. The van der Waals surface area contributed by atoms with Crippen LogP contribution in [-0.2, 0) is 0 Å². The van der Waals surface area contributed by atoms with Crippen LogP contribution >= 0.6 is 0 Å². The Bertz CT molecular complexity index is 2020. The number of hydrogen-bond acceptors (Lipinski definition) is 2. The molecule has 182 valence electrons. The Morgan fingerprint density at radius 1 is 0.538 bits per heavy atom. The SMILES string of the molecule is Cc1ccc(-c2c3ccccc3c(-c3ccc4cc(-c5cc(C#N)ccn5)ccc4c3)c3ccccc23)cc1. The van der Waals surface area contributed by atoms with Crippen molar-refractivity contribution in [1.82, 2.24) is 4.98 Å². The molecule has 0 spiro atoms. The second-order valence-corrected chi connectivity index (χ2v) is 10.0. The van der Waals surface area contributed by atoms with Crippen molar-refractivity contribution in [3.8, 4) is 39.6 Å². The molecule has 0 saturated carbocycles. The molecule has 2 nitrogen and oxygen atoms in total. The molecule has 0 aliphatic carbocycles. The Labute approximate surface area is 227 Å². The van der Waals surface area contributed by atoms with Gasteiger partial charge in [-0.2, -0.15) is 5.26 Å². The van der Waals surface area contributed by atoms with Crippen molar-refractivity contribution in [3.05, 3.63) is 139 Å². The molecule has 7 aromatic rings. The van der Waals surface area contributed by atoms with Crippen molar-refractivity contribution < 1.29 is 0 Å². The van der Waals surface area contributed by atoms with Gasteiger partial charge < -0.3 is 0 Å². The summed E-state index contributed by atoms with van der Waals surface area (Å²) in [5.41, 5.74) is 8.66. The third-order valence-electron chi connectivity index (χ3n) is 7.59. The molecule has 0 bridgehead atoms. The van der Waals surface area contributed by atoms with E-state index in [1.165, 1.54) is 54.7 Å². The van der Waals surface area contributed by atoms with Gasteiger partial charge in [-0.05, 0) is 85.8 Å². The van der Waals surface area contributed by atoms with Crippen LogP contribution < -0.4 is 0 Å². The Morgan fingerprint density at radius 3 is 1.64 bits per heavy atom. The Morgan fingerprint density at radius 2 is 1.05 bits per heavy atom. The number of aryl methyl sites for hydroxylation is 1. The first kappa shape index (κ1) is 22.9. The molecular formula is C37H24N2. The molecule has 2 heteroatoms. The van der Waals surface area contributed by atoms with Gasteiger partial charge in [0.15, 0.2) is 0 Å². The average Bonchev–Trinajstić information content (AvgIpc) is 3.00. The van der Waals surface area contributed by atoms with E-state index in [4.69, 9.17) is 0 Å². The van der Waals surface area contributed by atoms with Crippen LogP contribution in [0, 0.1) is 18.3 Å². The van der Waals surface area contributed by atoms with Gasteiger partial charge in [0.1, 0.15) is 0 Å². The lowest BCUT2D eigenvalue weighted by molar-refractivity contribution is 1.31. The van der Waals surface area contributed by atoms with Gasteiger partial charge >= 0.3 is 0 Å². The number of nitriles is 1. The summed E-state index contributed by atoms with van der Waals surface area (Å²) in [7, 11) is 0. The number of fused-ring (bicyclic) bond motifs is 3. The van der Waals surface area contributed by atoms with E-state index in [-0.39, 0.29) is 0 Å². The summed E-state index contributed by atoms with van der Waals surface area (Å²) in [5.74, 6) is 0. The zero-order valence-corrected chi connectivity index (χ0v) is 21.5. The van der Waals surface area contributed by atoms with Gasteiger partial charge in [0.25, 0.3) is 0 Å². The topological polar surface area (TPSA) is 36.7 Å². The maximum Gasteiger partial charge on any atom is 0.0992 e. The number of pyridine rings is 1. The fourth-order valence-corrected chi connectivity index (χ4v) is 5.69. The molecule has 0 amide bonds. The molecule has 0 atom stereocenters. The highest BCUT2D eigenvalue weighted by Crippen LogP contribution is 2.44. The van der Waals surface area contributed by atoms with Crippen LogP contribution in [0.2, 0.25) is 0 Å². The summed E-state index contributed by atoms with van der Waals surface area (Å²) in [6.07, 6.45) is 1.69. The Balaban J connectivity index is 1.45. The molecule has 0 unspecified atom stereocenters. The maximum absolute atomic E-state index is 9.29. The third-order valence-corrected chi connectivity index (χ3v) is 7.59. The molecule has 1 heterocycles. The van der Waals surface area contributed by atoms with Crippen molar-refractivity contribution in [2.24, 2.45) is 0 Å². The van der Waals surface area contributed by atoms with E-state index in [1.54, 1.807) is 12.3 Å². The van der Waals surface area contributed by atoms with Crippen LogP contribution in [0.1, 0.15) is 11.1 Å². The summed E-state index contributed by atoms with van der Waals surface area (Å²) >= 11 is 0. The normalized spacial score (nSPS) is 11.2. The monoisotopic (exact) mass is 496 g/mol. The summed E-state index contributed by atoms with van der Waals surface area (Å²) in [4.78, 5) is 4.48. The van der Waals surface area contributed by atoms with E-state index in [9.17, 15) is 5.26 Å².